The van der Waals surface area contributed by atoms with Gasteiger partial charge in [-0.25, -0.2) is 0 Å². The molecule has 0 spiro atoms. The van der Waals surface area contributed by atoms with Crippen molar-refractivity contribution in [2.24, 2.45) is 0 Å². The number of likely N-dealkylation sites (N-methyl/N-ethyl adjacent to an activating group) is 1. The maximum atomic E-state index is 8.29. The van der Waals surface area contributed by atoms with Crippen LogP contribution in [0.3, 0.4) is 0 Å². The summed E-state index contributed by atoms with van der Waals surface area (Å²) in [6.07, 6.45) is 0. The SMILES string of the molecule is CN(C)CCOCCO.OCCO. The Morgan fingerprint density at radius 2 is 1.46 bits per heavy atom. The van der Waals surface area contributed by atoms with Gasteiger partial charge in [-0.3, -0.25) is 0 Å². The van der Waals surface area contributed by atoms with Gasteiger partial charge in [-0.1, -0.05) is 0 Å². The molecule has 0 unspecified atom stereocenters. The molecule has 0 rings (SSSR count). The van der Waals surface area contributed by atoms with Gasteiger partial charge in [-0.05, 0) is 14.1 Å². The lowest BCUT2D eigenvalue weighted by Crippen LogP contribution is -2.18. The third-order valence-corrected chi connectivity index (χ3v) is 1.02. The summed E-state index contributed by atoms with van der Waals surface area (Å²) in [6.45, 7) is 1.94. The molecular formula is C8H21NO4. The zero-order valence-corrected chi connectivity index (χ0v) is 8.44. The first kappa shape index (κ1) is 15.3. The average Bonchev–Trinajstić information content (AvgIpc) is 2.13. The number of aliphatic hydroxyl groups excluding tert-OH is 3. The summed E-state index contributed by atoms with van der Waals surface area (Å²) < 4.78 is 5.00. The maximum absolute atomic E-state index is 8.29. The number of hydrogen-bond donors (Lipinski definition) is 3. The lowest BCUT2D eigenvalue weighted by molar-refractivity contribution is 0.0821. The quantitative estimate of drug-likeness (QED) is 0.451. The second kappa shape index (κ2) is 14.3. The zero-order chi connectivity index (χ0) is 10.5. The van der Waals surface area contributed by atoms with Crippen LogP contribution in [0, 0.1) is 0 Å². The van der Waals surface area contributed by atoms with E-state index in [4.69, 9.17) is 20.1 Å². The van der Waals surface area contributed by atoms with E-state index in [1.807, 2.05) is 19.0 Å². The highest BCUT2D eigenvalue weighted by Crippen LogP contribution is 1.76. The monoisotopic (exact) mass is 195 g/mol. The summed E-state index contributed by atoms with van der Waals surface area (Å²) in [5.41, 5.74) is 0. The van der Waals surface area contributed by atoms with Gasteiger partial charge < -0.3 is 25.0 Å². The molecule has 0 aromatic heterocycles. The molecule has 0 atom stereocenters. The summed E-state index contributed by atoms with van der Waals surface area (Å²) in [7, 11) is 3.98. The van der Waals surface area contributed by atoms with Crippen molar-refractivity contribution >= 4 is 0 Å². The molecule has 0 bridgehead atoms. The Morgan fingerprint density at radius 1 is 0.923 bits per heavy atom. The smallest absolute Gasteiger partial charge is 0.0698 e. The van der Waals surface area contributed by atoms with Crippen molar-refractivity contribution < 1.29 is 20.1 Å². The van der Waals surface area contributed by atoms with E-state index in [1.165, 1.54) is 0 Å². The van der Waals surface area contributed by atoms with Crippen molar-refractivity contribution in [3.8, 4) is 0 Å². The van der Waals surface area contributed by atoms with Crippen LogP contribution in [0.15, 0.2) is 0 Å². The van der Waals surface area contributed by atoms with Crippen LogP contribution < -0.4 is 0 Å². The molecule has 0 aliphatic carbocycles. The van der Waals surface area contributed by atoms with Gasteiger partial charge in [0.2, 0.25) is 0 Å². The molecule has 3 N–H and O–H groups in total. The predicted octanol–water partition coefficient (Wildman–Crippen LogP) is -1.47. The first-order valence-electron chi connectivity index (χ1n) is 4.24. The van der Waals surface area contributed by atoms with Crippen LogP contribution in [0.4, 0.5) is 0 Å². The third-order valence-electron chi connectivity index (χ3n) is 1.02. The van der Waals surface area contributed by atoms with Gasteiger partial charge in [0, 0.05) is 6.54 Å². The van der Waals surface area contributed by atoms with E-state index in [0.717, 1.165) is 6.54 Å². The first-order valence-corrected chi connectivity index (χ1v) is 4.24. The number of rotatable bonds is 6. The molecule has 0 radical (unpaired) electrons. The van der Waals surface area contributed by atoms with Crippen molar-refractivity contribution in [2.45, 2.75) is 0 Å². The third kappa shape index (κ3) is 24.5. The van der Waals surface area contributed by atoms with Crippen molar-refractivity contribution in [3.63, 3.8) is 0 Å². The van der Waals surface area contributed by atoms with Crippen molar-refractivity contribution in [1.82, 2.24) is 4.90 Å². The molecule has 0 heterocycles. The molecule has 0 amide bonds. The average molecular weight is 195 g/mol. The Morgan fingerprint density at radius 3 is 1.77 bits per heavy atom. The minimum atomic E-state index is -0.125. The Labute approximate surface area is 79.6 Å². The molecule has 5 heteroatoms. The number of ether oxygens (including phenoxy) is 1. The molecule has 82 valence electrons. The van der Waals surface area contributed by atoms with Crippen molar-refractivity contribution in [3.05, 3.63) is 0 Å². The van der Waals surface area contributed by atoms with Gasteiger partial charge in [0.05, 0.1) is 33.0 Å². The van der Waals surface area contributed by atoms with Crippen molar-refractivity contribution in [1.29, 1.82) is 0 Å². The number of aliphatic hydroxyl groups is 3. The van der Waals surface area contributed by atoms with E-state index in [1.54, 1.807) is 0 Å². The van der Waals surface area contributed by atoms with E-state index in [0.29, 0.717) is 13.2 Å². The van der Waals surface area contributed by atoms with Crippen LogP contribution in [0.2, 0.25) is 0 Å². The number of hydrogen-bond acceptors (Lipinski definition) is 5. The molecule has 0 saturated carbocycles. The standard InChI is InChI=1S/C6H15NO2.C2H6O2/c1-7(2)3-5-9-6-4-8;3-1-2-4/h8H,3-6H2,1-2H3;3-4H,1-2H2. The molecule has 0 fully saturated rings. The van der Waals surface area contributed by atoms with E-state index >= 15 is 0 Å². The van der Waals surface area contributed by atoms with E-state index < -0.39 is 0 Å². The summed E-state index contributed by atoms with van der Waals surface area (Å²) in [4.78, 5) is 2.04. The summed E-state index contributed by atoms with van der Waals surface area (Å²) >= 11 is 0. The fourth-order valence-electron chi connectivity index (χ4n) is 0.414. The molecule has 0 aromatic carbocycles. The molecule has 13 heavy (non-hydrogen) atoms. The Kier molecular flexibility index (Phi) is 16.8. The number of nitrogens with zero attached hydrogens (tertiary/aromatic N) is 1. The fraction of sp³-hybridized carbons (Fsp3) is 1.00. The summed E-state index contributed by atoms with van der Waals surface area (Å²) in [5.74, 6) is 0. The lowest BCUT2D eigenvalue weighted by Gasteiger charge is -2.08. The molecule has 0 aliphatic rings. The Bertz CT molecular complexity index is 78.5. The normalized spacial score (nSPS) is 9.69. The van der Waals surface area contributed by atoms with Gasteiger partial charge in [-0.2, -0.15) is 0 Å². The Hall–Kier alpha value is -0.200. The minimum Gasteiger partial charge on any atom is -0.394 e. The van der Waals surface area contributed by atoms with Crippen LogP contribution >= 0.6 is 0 Å². The topological polar surface area (TPSA) is 73.2 Å². The molecule has 0 aromatic rings. The minimum absolute atomic E-state index is 0.118. The maximum Gasteiger partial charge on any atom is 0.0698 e. The van der Waals surface area contributed by atoms with Crippen LogP contribution in [0.1, 0.15) is 0 Å². The van der Waals surface area contributed by atoms with Gasteiger partial charge in [0.25, 0.3) is 0 Å². The molecule has 5 nitrogen and oxygen atoms in total. The highest BCUT2D eigenvalue weighted by Gasteiger charge is 1.88. The first-order chi connectivity index (χ1) is 6.18. The van der Waals surface area contributed by atoms with Gasteiger partial charge in [-0.15, -0.1) is 0 Å². The van der Waals surface area contributed by atoms with E-state index in [2.05, 4.69) is 0 Å². The van der Waals surface area contributed by atoms with Gasteiger partial charge in [0.15, 0.2) is 0 Å². The largest absolute Gasteiger partial charge is 0.394 e. The second-order valence-electron chi connectivity index (χ2n) is 2.59. The fourth-order valence-corrected chi connectivity index (χ4v) is 0.414. The van der Waals surface area contributed by atoms with Crippen LogP contribution in [-0.4, -0.2) is 73.9 Å². The Balaban J connectivity index is 0. The molecule has 0 saturated heterocycles. The second-order valence-corrected chi connectivity index (χ2v) is 2.59. The highest BCUT2D eigenvalue weighted by atomic mass is 16.5. The molecular weight excluding hydrogens is 174 g/mol. The van der Waals surface area contributed by atoms with Crippen LogP contribution in [0.5, 0.6) is 0 Å². The summed E-state index contributed by atoms with van der Waals surface area (Å²) in [5, 5.41) is 23.5. The zero-order valence-electron chi connectivity index (χ0n) is 8.44. The van der Waals surface area contributed by atoms with E-state index in [9.17, 15) is 0 Å². The lowest BCUT2D eigenvalue weighted by atomic mass is 10.6. The van der Waals surface area contributed by atoms with E-state index in [-0.39, 0.29) is 19.8 Å². The summed E-state index contributed by atoms with van der Waals surface area (Å²) in [6, 6.07) is 0. The van der Waals surface area contributed by atoms with Gasteiger partial charge in [0.1, 0.15) is 0 Å². The van der Waals surface area contributed by atoms with Gasteiger partial charge >= 0.3 is 0 Å². The predicted molar refractivity (Wildman–Crippen MR) is 50.6 cm³/mol. The van der Waals surface area contributed by atoms with Crippen LogP contribution in [0.25, 0.3) is 0 Å². The highest BCUT2D eigenvalue weighted by molar-refractivity contribution is 4.38. The van der Waals surface area contributed by atoms with Crippen LogP contribution in [-0.2, 0) is 4.74 Å². The molecule has 0 aliphatic heterocycles. The van der Waals surface area contributed by atoms with Crippen molar-refractivity contribution in [2.75, 3.05) is 53.7 Å².